The first-order chi connectivity index (χ1) is 8.67. The molecule has 0 fully saturated rings. The van der Waals surface area contributed by atoms with Crippen molar-refractivity contribution in [2.24, 2.45) is 0 Å². The van der Waals surface area contributed by atoms with Crippen molar-refractivity contribution in [2.75, 3.05) is 14.2 Å². The summed E-state index contributed by atoms with van der Waals surface area (Å²) in [5.41, 5.74) is 0.735. The molecule has 1 aromatic carbocycles. The molecule has 1 atom stereocenters. The molecule has 0 saturated heterocycles. The molecule has 0 aliphatic heterocycles. The number of alkyl halides is 1. The van der Waals surface area contributed by atoms with Crippen LogP contribution in [-0.2, 0) is 0 Å². The fourth-order valence-corrected chi connectivity index (χ4v) is 1.78. The Kier molecular flexibility index (Phi) is 3.77. The van der Waals surface area contributed by atoms with E-state index in [1.165, 1.54) is 0 Å². The molecular formula is C13H14ClNO3. The van der Waals surface area contributed by atoms with Crippen LogP contribution < -0.4 is 9.47 Å². The Morgan fingerprint density at radius 3 is 2.28 bits per heavy atom. The van der Waals surface area contributed by atoms with Gasteiger partial charge in [0.2, 0.25) is 5.89 Å². The van der Waals surface area contributed by atoms with Crippen LogP contribution in [-0.4, -0.2) is 19.2 Å². The SMILES string of the molecule is COc1cccc(OC)c1-c1cnc(C(C)Cl)o1. The lowest BCUT2D eigenvalue weighted by atomic mass is 10.1. The number of hydrogen-bond donors (Lipinski definition) is 0. The third-order valence-electron chi connectivity index (χ3n) is 2.54. The van der Waals surface area contributed by atoms with Gasteiger partial charge < -0.3 is 13.9 Å². The Hall–Kier alpha value is -1.68. The summed E-state index contributed by atoms with van der Waals surface area (Å²) < 4.78 is 16.2. The quantitative estimate of drug-likeness (QED) is 0.793. The van der Waals surface area contributed by atoms with Crippen LogP contribution in [0.5, 0.6) is 11.5 Å². The number of nitrogens with zero attached hydrogens (tertiary/aromatic N) is 1. The van der Waals surface area contributed by atoms with Gasteiger partial charge in [-0.05, 0) is 19.1 Å². The second-order valence-electron chi connectivity index (χ2n) is 3.72. The lowest BCUT2D eigenvalue weighted by Gasteiger charge is -2.10. The number of rotatable bonds is 4. The highest BCUT2D eigenvalue weighted by Gasteiger charge is 2.18. The zero-order chi connectivity index (χ0) is 13.1. The van der Waals surface area contributed by atoms with Crippen LogP contribution in [0.4, 0.5) is 0 Å². The van der Waals surface area contributed by atoms with E-state index in [0.29, 0.717) is 23.1 Å². The fourth-order valence-electron chi connectivity index (χ4n) is 1.68. The third kappa shape index (κ3) is 2.29. The van der Waals surface area contributed by atoms with Gasteiger partial charge in [0.05, 0.1) is 20.4 Å². The smallest absolute Gasteiger partial charge is 0.212 e. The van der Waals surface area contributed by atoms with Crippen molar-refractivity contribution < 1.29 is 13.9 Å². The molecule has 5 heteroatoms. The second-order valence-corrected chi connectivity index (χ2v) is 4.37. The molecule has 4 nitrogen and oxygen atoms in total. The first-order valence-electron chi connectivity index (χ1n) is 5.48. The largest absolute Gasteiger partial charge is 0.496 e. The van der Waals surface area contributed by atoms with Crippen LogP contribution in [0.25, 0.3) is 11.3 Å². The average molecular weight is 268 g/mol. The first kappa shape index (κ1) is 12.8. The van der Waals surface area contributed by atoms with Crippen molar-refractivity contribution in [3.63, 3.8) is 0 Å². The van der Waals surface area contributed by atoms with E-state index in [4.69, 9.17) is 25.5 Å². The highest BCUT2D eigenvalue weighted by Crippen LogP contribution is 2.39. The first-order valence-corrected chi connectivity index (χ1v) is 5.92. The molecule has 1 unspecified atom stereocenters. The standard InChI is InChI=1S/C13H14ClNO3/c1-8(14)13-15-7-11(18-13)12-9(16-2)5-4-6-10(12)17-3/h4-8H,1-3H3. The van der Waals surface area contributed by atoms with Crippen molar-refractivity contribution >= 4 is 11.6 Å². The minimum absolute atomic E-state index is 0.278. The zero-order valence-corrected chi connectivity index (χ0v) is 11.2. The lowest BCUT2D eigenvalue weighted by molar-refractivity contribution is 0.393. The molecule has 0 N–H and O–H groups in total. The van der Waals surface area contributed by atoms with Crippen molar-refractivity contribution in [1.29, 1.82) is 0 Å². The van der Waals surface area contributed by atoms with Crippen LogP contribution in [0.2, 0.25) is 0 Å². The molecule has 0 radical (unpaired) electrons. The summed E-state index contributed by atoms with van der Waals surface area (Å²) >= 11 is 5.93. The van der Waals surface area contributed by atoms with Gasteiger partial charge in [0.25, 0.3) is 0 Å². The predicted octanol–water partition coefficient (Wildman–Crippen LogP) is 3.66. The second kappa shape index (κ2) is 5.31. The van der Waals surface area contributed by atoms with Crippen LogP contribution in [0.15, 0.2) is 28.8 Å². The molecule has 18 heavy (non-hydrogen) atoms. The van der Waals surface area contributed by atoms with Crippen LogP contribution in [0, 0.1) is 0 Å². The van der Waals surface area contributed by atoms with E-state index in [-0.39, 0.29) is 5.38 Å². The highest BCUT2D eigenvalue weighted by molar-refractivity contribution is 6.20. The number of methoxy groups -OCH3 is 2. The Bertz CT molecular complexity index is 515. The number of ether oxygens (including phenoxy) is 2. The number of benzene rings is 1. The molecule has 0 aliphatic rings. The Morgan fingerprint density at radius 2 is 1.83 bits per heavy atom. The normalized spacial score (nSPS) is 12.2. The zero-order valence-electron chi connectivity index (χ0n) is 10.4. The Labute approximate surface area is 110 Å². The average Bonchev–Trinajstić information content (AvgIpc) is 2.87. The summed E-state index contributed by atoms with van der Waals surface area (Å²) in [6.07, 6.45) is 1.62. The fraction of sp³-hybridized carbons (Fsp3) is 0.308. The predicted molar refractivity (Wildman–Crippen MR) is 69.3 cm³/mol. The van der Waals surface area contributed by atoms with Gasteiger partial charge in [-0.2, -0.15) is 0 Å². The molecule has 1 heterocycles. The molecule has 1 aromatic heterocycles. The van der Waals surface area contributed by atoms with Gasteiger partial charge in [-0.3, -0.25) is 0 Å². The summed E-state index contributed by atoms with van der Waals surface area (Å²) in [5, 5.41) is -0.278. The van der Waals surface area contributed by atoms with E-state index in [0.717, 1.165) is 5.56 Å². The molecule has 0 saturated carbocycles. The third-order valence-corrected chi connectivity index (χ3v) is 2.72. The molecule has 0 spiro atoms. The van der Waals surface area contributed by atoms with E-state index in [9.17, 15) is 0 Å². The van der Waals surface area contributed by atoms with E-state index >= 15 is 0 Å². The van der Waals surface area contributed by atoms with Crippen LogP contribution in [0.1, 0.15) is 18.2 Å². The van der Waals surface area contributed by atoms with Crippen molar-refractivity contribution in [3.05, 3.63) is 30.3 Å². The monoisotopic (exact) mass is 267 g/mol. The number of oxazole rings is 1. The number of hydrogen-bond acceptors (Lipinski definition) is 4. The van der Waals surface area contributed by atoms with Gasteiger partial charge in [0, 0.05) is 0 Å². The molecule has 0 bridgehead atoms. The summed E-state index contributed by atoms with van der Waals surface area (Å²) in [7, 11) is 3.19. The lowest BCUT2D eigenvalue weighted by Crippen LogP contribution is -1.91. The summed E-state index contributed by atoms with van der Waals surface area (Å²) in [5.74, 6) is 2.38. The maximum Gasteiger partial charge on any atom is 0.212 e. The van der Waals surface area contributed by atoms with Crippen molar-refractivity contribution in [3.8, 4) is 22.8 Å². The van der Waals surface area contributed by atoms with Gasteiger partial charge in [-0.15, -0.1) is 11.6 Å². The summed E-state index contributed by atoms with van der Waals surface area (Å²) in [4.78, 5) is 4.13. The van der Waals surface area contributed by atoms with Gasteiger partial charge in [-0.1, -0.05) is 6.07 Å². The minimum atomic E-state index is -0.278. The van der Waals surface area contributed by atoms with Crippen LogP contribution in [0.3, 0.4) is 0 Å². The minimum Gasteiger partial charge on any atom is -0.496 e. The molecule has 2 aromatic rings. The van der Waals surface area contributed by atoms with E-state index in [1.54, 1.807) is 27.3 Å². The number of halogens is 1. The topological polar surface area (TPSA) is 44.5 Å². The molecule has 2 rings (SSSR count). The maximum atomic E-state index is 5.93. The number of aromatic nitrogens is 1. The van der Waals surface area contributed by atoms with Crippen molar-refractivity contribution in [2.45, 2.75) is 12.3 Å². The van der Waals surface area contributed by atoms with Gasteiger partial charge in [0.1, 0.15) is 22.4 Å². The van der Waals surface area contributed by atoms with Crippen molar-refractivity contribution in [1.82, 2.24) is 4.98 Å². The molecule has 0 aliphatic carbocycles. The van der Waals surface area contributed by atoms with E-state index in [2.05, 4.69) is 4.98 Å². The van der Waals surface area contributed by atoms with E-state index < -0.39 is 0 Å². The van der Waals surface area contributed by atoms with Gasteiger partial charge in [-0.25, -0.2) is 4.98 Å². The summed E-state index contributed by atoms with van der Waals surface area (Å²) in [6.45, 7) is 1.80. The summed E-state index contributed by atoms with van der Waals surface area (Å²) in [6, 6.07) is 5.52. The maximum absolute atomic E-state index is 5.93. The molecular weight excluding hydrogens is 254 g/mol. The molecule has 0 amide bonds. The Morgan fingerprint density at radius 1 is 1.22 bits per heavy atom. The van der Waals surface area contributed by atoms with Gasteiger partial charge >= 0.3 is 0 Å². The van der Waals surface area contributed by atoms with Crippen LogP contribution >= 0.6 is 11.6 Å². The van der Waals surface area contributed by atoms with E-state index in [1.807, 2.05) is 18.2 Å². The van der Waals surface area contributed by atoms with Gasteiger partial charge in [0.15, 0.2) is 5.76 Å². The Balaban J connectivity index is 2.54. The molecule has 96 valence electrons. The highest BCUT2D eigenvalue weighted by atomic mass is 35.5.